The molecular formula is C23H23Cl3N6O3. The van der Waals surface area contributed by atoms with E-state index in [0.717, 1.165) is 5.69 Å². The number of halogens is 3. The summed E-state index contributed by atoms with van der Waals surface area (Å²) in [5.74, 6) is 1.05. The summed E-state index contributed by atoms with van der Waals surface area (Å²) >= 11 is 13.2. The van der Waals surface area contributed by atoms with E-state index in [1.807, 2.05) is 6.07 Å². The summed E-state index contributed by atoms with van der Waals surface area (Å²) in [5, 5.41) is 3.93. The van der Waals surface area contributed by atoms with Gasteiger partial charge in [-0.05, 0) is 18.2 Å². The number of methoxy groups -OCH3 is 2. The van der Waals surface area contributed by atoms with Gasteiger partial charge >= 0.3 is 0 Å². The van der Waals surface area contributed by atoms with Gasteiger partial charge in [-0.3, -0.25) is 14.3 Å². The lowest BCUT2D eigenvalue weighted by Gasteiger charge is -2.17. The van der Waals surface area contributed by atoms with E-state index in [1.54, 1.807) is 42.2 Å². The number of nitrogens with one attached hydrogen (secondary N) is 1. The van der Waals surface area contributed by atoms with Gasteiger partial charge in [-0.25, -0.2) is 4.98 Å². The Labute approximate surface area is 217 Å². The Morgan fingerprint density at radius 3 is 2.31 bits per heavy atom. The lowest BCUT2D eigenvalue weighted by molar-refractivity contribution is 0.395. The lowest BCUT2D eigenvalue weighted by atomic mass is 10.0. The van der Waals surface area contributed by atoms with E-state index in [1.165, 1.54) is 14.2 Å². The van der Waals surface area contributed by atoms with Gasteiger partial charge in [-0.1, -0.05) is 23.2 Å². The number of anilines is 2. The maximum absolute atomic E-state index is 13.8. The van der Waals surface area contributed by atoms with Crippen LogP contribution in [-0.2, 0) is 13.0 Å². The molecule has 0 saturated heterocycles. The van der Waals surface area contributed by atoms with E-state index >= 15 is 0 Å². The first kappa shape index (κ1) is 26.3. The molecule has 0 saturated carbocycles. The van der Waals surface area contributed by atoms with Gasteiger partial charge < -0.3 is 20.5 Å². The van der Waals surface area contributed by atoms with Gasteiger partial charge in [0.25, 0.3) is 5.56 Å². The molecule has 0 radical (unpaired) electrons. The Morgan fingerprint density at radius 1 is 1.06 bits per heavy atom. The number of hydrogen-bond acceptors (Lipinski definition) is 8. The third kappa shape index (κ3) is 5.07. The molecule has 0 fully saturated rings. The van der Waals surface area contributed by atoms with Gasteiger partial charge in [0.05, 0.1) is 41.7 Å². The molecule has 0 bridgehead atoms. The third-order valence-corrected chi connectivity index (χ3v) is 6.08. The Morgan fingerprint density at radius 2 is 1.74 bits per heavy atom. The fourth-order valence-electron chi connectivity index (χ4n) is 3.60. The summed E-state index contributed by atoms with van der Waals surface area (Å²) in [6.45, 7) is 0.302. The summed E-state index contributed by atoms with van der Waals surface area (Å²) in [7, 11) is 4.66. The predicted molar refractivity (Wildman–Crippen MR) is 142 cm³/mol. The van der Waals surface area contributed by atoms with Crippen LogP contribution in [0.25, 0.3) is 22.2 Å². The highest BCUT2D eigenvalue weighted by Gasteiger charge is 2.23. The number of nitrogens with two attached hydrogens (primary N) is 1. The Hall–Kier alpha value is -3.27. The van der Waals surface area contributed by atoms with Crippen molar-refractivity contribution in [3.8, 4) is 22.6 Å². The minimum absolute atomic E-state index is 0. The monoisotopic (exact) mass is 536 g/mol. The van der Waals surface area contributed by atoms with Crippen molar-refractivity contribution in [2.24, 2.45) is 0 Å². The standard InChI is InChI=1S/C23H22Cl2N6O3.ClH/c1-27-23-29-10-12-8-15(18-19(24)16(33-2)9-17(34-3)20(18)25)22(32)31(21(12)30-23)7-6-14-5-4-13(26)11-28-14;/h4-5,8-11H,6-7,26H2,1-3H3,(H,27,29,30);1H. The molecule has 3 heterocycles. The normalized spacial score (nSPS) is 10.7. The molecule has 184 valence electrons. The van der Waals surface area contributed by atoms with Gasteiger partial charge in [0, 0.05) is 48.9 Å². The molecule has 9 nitrogen and oxygen atoms in total. The summed E-state index contributed by atoms with van der Waals surface area (Å²) in [4.78, 5) is 26.9. The van der Waals surface area contributed by atoms with E-state index < -0.39 is 0 Å². The SMILES string of the molecule is CNc1ncc2cc(-c3c(Cl)c(OC)cc(OC)c3Cl)c(=O)n(CCc3ccc(N)cn3)c2n1.Cl. The molecule has 0 aliphatic carbocycles. The molecule has 1 aromatic carbocycles. The molecular weight excluding hydrogens is 515 g/mol. The van der Waals surface area contributed by atoms with Crippen LogP contribution in [0.2, 0.25) is 10.0 Å². The fraction of sp³-hybridized carbons (Fsp3) is 0.217. The van der Waals surface area contributed by atoms with Crippen LogP contribution in [0.1, 0.15) is 5.69 Å². The van der Waals surface area contributed by atoms with Crippen LogP contribution < -0.4 is 26.1 Å². The highest BCUT2D eigenvalue weighted by atomic mass is 35.5. The molecule has 0 amide bonds. The molecule has 12 heteroatoms. The number of rotatable bonds is 7. The molecule has 0 unspecified atom stereocenters. The van der Waals surface area contributed by atoms with Gasteiger partial charge in [0.15, 0.2) is 0 Å². The highest BCUT2D eigenvalue weighted by Crippen LogP contribution is 2.45. The maximum Gasteiger partial charge on any atom is 0.260 e. The molecule has 4 aromatic rings. The van der Waals surface area contributed by atoms with Crippen LogP contribution in [0, 0.1) is 0 Å². The molecule has 0 atom stereocenters. The quantitative estimate of drug-likeness (QED) is 0.355. The first-order chi connectivity index (χ1) is 16.4. The van der Waals surface area contributed by atoms with Crippen molar-refractivity contribution in [2.45, 2.75) is 13.0 Å². The first-order valence-electron chi connectivity index (χ1n) is 10.3. The largest absolute Gasteiger partial charge is 0.495 e. The van der Waals surface area contributed by atoms with Crippen LogP contribution in [0.4, 0.5) is 11.6 Å². The predicted octanol–water partition coefficient (Wildman–Crippen LogP) is 4.47. The summed E-state index contributed by atoms with van der Waals surface area (Å²) in [5.41, 5.74) is 7.79. The van der Waals surface area contributed by atoms with E-state index in [2.05, 4.69) is 20.3 Å². The van der Waals surface area contributed by atoms with E-state index in [0.29, 0.717) is 52.7 Å². The number of nitrogen functional groups attached to an aromatic ring is 1. The van der Waals surface area contributed by atoms with Crippen LogP contribution in [0.3, 0.4) is 0 Å². The van der Waals surface area contributed by atoms with Gasteiger partial charge in [-0.15, -0.1) is 12.4 Å². The molecule has 3 N–H and O–H groups in total. The Bertz CT molecular complexity index is 1400. The van der Waals surface area contributed by atoms with Gasteiger partial charge in [-0.2, -0.15) is 4.98 Å². The Kier molecular flexibility index (Phi) is 8.26. The number of benzene rings is 1. The number of aryl methyl sites for hydroxylation is 2. The van der Waals surface area contributed by atoms with Crippen LogP contribution >= 0.6 is 35.6 Å². The van der Waals surface area contributed by atoms with Crippen molar-refractivity contribution in [1.82, 2.24) is 19.5 Å². The minimum atomic E-state index is -0.331. The molecule has 0 spiro atoms. The number of nitrogens with zero attached hydrogens (tertiary/aromatic N) is 4. The van der Waals surface area contributed by atoms with Crippen molar-refractivity contribution in [2.75, 3.05) is 32.3 Å². The number of ether oxygens (including phenoxy) is 2. The second kappa shape index (κ2) is 11.0. The number of aromatic nitrogens is 4. The Balaban J connectivity index is 0.00000342. The van der Waals surface area contributed by atoms with Gasteiger partial charge in [0.1, 0.15) is 17.1 Å². The van der Waals surface area contributed by atoms with Crippen LogP contribution in [0.5, 0.6) is 11.5 Å². The first-order valence-corrected chi connectivity index (χ1v) is 11.0. The molecule has 35 heavy (non-hydrogen) atoms. The zero-order valence-corrected chi connectivity index (χ0v) is 21.5. The zero-order valence-electron chi connectivity index (χ0n) is 19.1. The molecule has 3 aromatic heterocycles. The van der Waals surface area contributed by atoms with E-state index in [-0.39, 0.29) is 33.6 Å². The van der Waals surface area contributed by atoms with Crippen LogP contribution in [-0.4, -0.2) is 40.8 Å². The summed E-state index contributed by atoms with van der Waals surface area (Å²) in [6.07, 6.45) is 3.69. The van der Waals surface area contributed by atoms with Gasteiger partial charge in [0.2, 0.25) is 5.95 Å². The number of pyridine rings is 2. The van der Waals surface area contributed by atoms with Crippen molar-refractivity contribution < 1.29 is 9.47 Å². The maximum atomic E-state index is 13.8. The smallest absolute Gasteiger partial charge is 0.260 e. The lowest BCUT2D eigenvalue weighted by Crippen LogP contribution is -2.24. The molecule has 0 aliphatic rings. The molecule has 0 aliphatic heterocycles. The van der Waals surface area contributed by atoms with E-state index in [9.17, 15) is 4.79 Å². The number of fused-ring (bicyclic) bond motifs is 1. The minimum Gasteiger partial charge on any atom is -0.495 e. The van der Waals surface area contributed by atoms with Crippen molar-refractivity contribution >= 4 is 58.3 Å². The van der Waals surface area contributed by atoms with Crippen molar-refractivity contribution in [1.29, 1.82) is 0 Å². The zero-order chi connectivity index (χ0) is 24.4. The second-order valence-electron chi connectivity index (χ2n) is 7.35. The third-order valence-electron chi connectivity index (χ3n) is 5.33. The van der Waals surface area contributed by atoms with Crippen molar-refractivity contribution in [3.05, 3.63) is 62.8 Å². The van der Waals surface area contributed by atoms with Crippen molar-refractivity contribution in [3.63, 3.8) is 0 Å². The average Bonchev–Trinajstić information content (AvgIpc) is 2.85. The summed E-state index contributed by atoms with van der Waals surface area (Å²) < 4.78 is 12.3. The highest BCUT2D eigenvalue weighted by molar-refractivity contribution is 6.41. The average molecular weight is 538 g/mol. The second-order valence-corrected chi connectivity index (χ2v) is 8.11. The molecule has 4 rings (SSSR count). The number of hydrogen-bond donors (Lipinski definition) is 2. The van der Waals surface area contributed by atoms with Crippen LogP contribution in [0.15, 0.2) is 41.5 Å². The topological polar surface area (TPSA) is 117 Å². The van der Waals surface area contributed by atoms with E-state index in [4.69, 9.17) is 38.4 Å². The fourth-order valence-corrected chi connectivity index (χ4v) is 4.30. The summed E-state index contributed by atoms with van der Waals surface area (Å²) in [6, 6.07) is 6.83.